The standard InChI is InChI=1S/C20H16N6O2/c21-9-12-14(15-11-3-1-2-4-13(11)24-19(15)27)16-17(10-5-7-23-8-6-10)25-26-20(16)28-18(12)22/h1-8,16-17,20,22,24-27H. The zero-order chi connectivity index (χ0) is 19.3. The molecule has 138 valence electrons. The maximum absolute atomic E-state index is 10.7. The zero-order valence-electron chi connectivity index (χ0n) is 14.6. The van der Waals surface area contributed by atoms with Crippen molar-refractivity contribution in [3.05, 3.63) is 65.5 Å². The van der Waals surface area contributed by atoms with Crippen molar-refractivity contribution in [1.82, 2.24) is 20.8 Å². The van der Waals surface area contributed by atoms with Crippen molar-refractivity contribution in [2.24, 2.45) is 5.92 Å². The van der Waals surface area contributed by atoms with E-state index in [9.17, 15) is 10.4 Å². The van der Waals surface area contributed by atoms with E-state index in [1.807, 2.05) is 36.4 Å². The van der Waals surface area contributed by atoms with Crippen LogP contribution in [0.4, 0.5) is 0 Å². The number of fused-ring (bicyclic) bond motifs is 2. The Hall–Kier alpha value is -3.67. The van der Waals surface area contributed by atoms with E-state index >= 15 is 0 Å². The quantitative estimate of drug-likeness (QED) is 0.469. The van der Waals surface area contributed by atoms with Crippen LogP contribution in [0.15, 0.2) is 54.4 Å². The lowest BCUT2D eigenvalue weighted by atomic mass is 9.79. The second kappa shape index (κ2) is 6.20. The largest absolute Gasteiger partial charge is 0.494 e. The number of aromatic amines is 1. The van der Waals surface area contributed by atoms with Crippen molar-refractivity contribution in [2.75, 3.05) is 0 Å². The molecule has 1 saturated heterocycles. The van der Waals surface area contributed by atoms with Gasteiger partial charge in [-0.2, -0.15) is 5.26 Å². The van der Waals surface area contributed by atoms with Crippen molar-refractivity contribution in [3.8, 4) is 11.9 Å². The molecule has 0 saturated carbocycles. The lowest BCUT2D eigenvalue weighted by Crippen LogP contribution is -2.39. The first-order valence-electron chi connectivity index (χ1n) is 8.80. The molecule has 0 aliphatic carbocycles. The van der Waals surface area contributed by atoms with E-state index in [2.05, 4.69) is 26.9 Å². The Morgan fingerprint density at radius 3 is 2.71 bits per heavy atom. The van der Waals surface area contributed by atoms with Gasteiger partial charge in [-0.05, 0) is 29.3 Å². The van der Waals surface area contributed by atoms with Gasteiger partial charge in [0.2, 0.25) is 5.90 Å². The van der Waals surface area contributed by atoms with Crippen molar-refractivity contribution >= 4 is 22.4 Å². The Morgan fingerprint density at radius 1 is 1.14 bits per heavy atom. The van der Waals surface area contributed by atoms with Crippen molar-refractivity contribution in [2.45, 2.75) is 12.3 Å². The molecular weight excluding hydrogens is 356 g/mol. The first-order chi connectivity index (χ1) is 13.7. The molecule has 2 aromatic heterocycles. The van der Waals surface area contributed by atoms with Crippen LogP contribution in [0.25, 0.3) is 16.5 Å². The van der Waals surface area contributed by atoms with Gasteiger partial charge in [-0.25, -0.2) is 10.9 Å². The van der Waals surface area contributed by atoms with Gasteiger partial charge in [0, 0.05) is 28.9 Å². The number of H-pyrrole nitrogens is 1. The molecule has 5 N–H and O–H groups in total. The molecule has 3 unspecified atom stereocenters. The Kier molecular flexibility index (Phi) is 3.65. The van der Waals surface area contributed by atoms with Gasteiger partial charge in [-0.1, -0.05) is 18.2 Å². The molecule has 1 aromatic carbocycles. The van der Waals surface area contributed by atoms with Gasteiger partial charge in [-0.3, -0.25) is 10.4 Å². The average Bonchev–Trinajstić information content (AvgIpc) is 3.27. The van der Waals surface area contributed by atoms with Gasteiger partial charge >= 0.3 is 0 Å². The van der Waals surface area contributed by atoms with Crippen LogP contribution in [-0.4, -0.2) is 27.2 Å². The number of para-hydroxylation sites is 1. The van der Waals surface area contributed by atoms with E-state index in [0.717, 1.165) is 16.5 Å². The molecule has 0 spiro atoms. The highest BCUT2D eigenvalue weighted by molar-refractivity contribution is 6.09. The monoisotopic (exact) mass is 372 g/mol. The van der Waals surface area contributed by atoms with Crippen LogP contribution in [0, 0.1) is 22.7 Å². The second-order valence-electron chi connectivity index (χ2n) is 6.73. The third kappa shape index (κ3) is 2.31. The van der Waals surface area contributed by atoms with E-state index in [4.69, 9.17) is 10.1 Å². The predicted octanol–water partition coefficient (Wildman–Crippen LogP) is 2.34. The number of hydrogen-bond donors (Lipinski definition) is 5. The molecule has 0 bridgehead atoms. The van der Waals surface area contributed by atoms with Gasteiger partial charge in [0.15, 0.2) is 12.1 Å². The van der Waals surface area contributed by atoms with Crippen LogP contribution in [-0.2, 0) is 4.74 Å². The fourth-order valence-electron chi connectivity index (χ4n) is 4.09. The van der Waals surface area contributed by atoms with E-state index in [0.29, 0.717) is 11.1 Å². The summed E-state index contributed by atoms with van der Waals surface area (Å²) in [5.74, 6) is -0.581. The number of nitrogens with one attached hydrogen (secondary N) is 4. The van der Waals surface area contributed by atoms with Crippen LogP contribution in [0.3, 0.4) is 0 Å². The number of benzene rings is 1. The van der Waals surface area contributed by atoms with Crippen LogP contribution in [0.1, 0.15) is 17.2 Å². The lowest BCUT2D eigenvalue weighted by molar-refractivity contribution is 0.135. The Morgan fingerprint density at radius 2 is 1.93 bits per heavy atom. The van der Waals surface area contributed by atoms with Crippen molar-refractivity contribution < 1.29 is 9.84 Å². The van der Waals surface area contributed by atoms with Gasteiger partial charge < -0.3 is 14.8 Å². The summed E-state index contributed by atoms with van der Waals surface area (Å²) >= 11 is 0. The maximum atomic E-state index is 10.7. The number of nitriles is 1. The molecule has 4 heterocycles. The zero-order valence-corrected chi connectivity index (χ0v) is 14.6. The summed E-state index contributed by atoms with van der Waals surface area (Å²) in [6, 6.07) is 13.1. The summed E-state index contributed by atoms with van der Waals surface area (Å²) in [5.41, 5.74) is 9.22. The molecule has 1 fully saturated rings. The molecule has 5 rings (SSSR count). The third-order valence-corrected chi connectivity index (χ3v) is 5.27. The van der Waals surface area contributed by atoms with Crippen LogP contribution >= 0.6 is 0 Å². The van der Waals surface area contributed by atoms with Crippen LogP contribution in [0.5, 0.6) is 5.88 Å². The van der Waals surface area contributed by atoms with Gasteiger partial charge in [0.25, 0.3) is 0 Å². The molecule has 3 atom stereocenters. The lowest BCUT2D eigenvalue weighted by Gasteiger charge is -2.31. The van der Waals surface area contributed by atoms with Crippen molar-refractivity contribution in [1.29, 1.82) is 10.7 Å². The third-order valence-electron chi connectivity index (χ3n) is 5.27. The minimum atomic E-state index is -0.550. The molecule has 8 heteroatoms. The van der Waals surface area contributed by atoms with Crippen LogP contribution < -0.4 is 10.9 Å². The number of pyridine rings is 1. The van der Waals surface area contributed by atoms with Gasteiger partial charge in [0.05, 0.1) is 12.0 Å². The first kappa shape index (κ1) is 16.5. The van der Waals surface area contributed by atoms with Crippen LogP contribution in [0.2, 0.25) is 0 Å². The Balaban J connectivity index is 1.77. The Labute approximate surface area is 160 Å². The molecular formula is C20H16N6O2. The number of aromatic hydroxyl groups is 1. The van der Waals surface area contributed by atoms with Gasteiger partial charge in [-0.15, -0.1) is 0 Å². The molecule has 28 heavy (non-hydrogen) atoms. The predicted molar refractivity (Wildman–Crippen MR) is 102 cm³/mol. The van der Waals surface area contributed by atoms with Gasteiger partial charge in [0.1, 0.15) is 11.6 Å². The van der Waals surface area contributed by atoms with E-state index < -0.39 is 6.23 Å². The highest BCUT2D eigenvalue weighted by Gasteiger charge is 2.47. The van der Waals surface area contributed by atoms with E-state index in [-0.39, 0.29) is 29.3 Å². The SMILES string of the molecule is N#CC1=C(c2c(O)[nH]c3ccccc23)C2C(NNC2c2ccncc2)OC1=N. The number of aromatic nitrogens is 2. The molecule has 2 aliphatic rings. The topological polar surface area (TPSA) is 130 Å². The smallest absolute Gasteiger partial charge is 0.226 e. The number of rotatable bonds is 2. The minimum absolute atomic E-state index is 0.0298. The Bertz CT molecular complexity index is 1160. The summed E-state index contributed by atoms with van der Waals surface area (Å²) in [6.45, 7) is 0. The summed E-state index contributed by atoms with van der Waals surface area (Å²) < 4.78 is 5.67. The van der Waals surface area contributed by atoms with E-state index in [1.165, 1.54) is 0 Å². The summed E-state index contributed by atoms with van der Waals surface area (Å²) in [7, 11) is 0. The number of hydrazine groups is 1. The van der Waals surface area contributed by atoms with Crippen molar-refractivity contribution in [3.63, 3.8) is 0 Å². The maximum Gasteiger partial charge on any atom is 0.226 e. The molecule has 8 nitrogen and oxygen atoms in total. The number of ether oxygens (including phenoxy) is 1. The molecule has 0 amide bonds. The normalized spacial score (nSPS) is 24.1. The summed E-state index contributed by atoms with van der Waals surface area (Å²) in [5, 5.41) is 29.5. The second-order valence-corrected chi connectivity index (χ2v) is 6.73. The highest BCUT2D eigenvalue weighted by atomic mass is 16.5. The minimum Gasteiger partial charge on any atom is -0.494 e. The fraction of sp³-hybridized carbons (Fsp3) is 0.150. The molecule has 2 aliphatic heterocycles. The van der Waals surface area contributed by atoms with E-state index in [1.54, 1.807) is 12.4 Å². The number of nitrogens with zero attached hydrogens (tertiary/aromatic N) is 2. The first-order valence-corrected chi connectivity index (χ1v) is 8.80. The number of hydrogen-bond acceptors (Lipinski definition) is 7. The fourth-order valence-corrected chi connectivity index (χ4v) is 4.09. The average molecular weight is 372 g/mol. The summed E-state index contributed by atoms with van der Waals surface area (Å²) in [6.07, 6.45) is 2.85. The molecule has 0 radical (unpaired) electrons. The molecule has 3 aromatic rings. The highest BCUT2D eigenvalue weighted by Crippen LogP contribution is 2.48. The summed E-state index contributed by atoms with van der Waals surface area (Å²) in [4.78, 5) is 7.03.